The van der Waals surface area contributed by atoms with E-state index in [4.69, 9.17) is 0 Å². The Bertz CT molecular complexity index is 765. The normalized spacial score (nSPS) is 18.4. The quantitative estimate of drug-likeness (QED) is 0.756. The molecule has 1 aromatic carbocycles. The van der Waals surface area contributed by atoms with Gasteiger partial charge in [0.2, 0.25) is 11.8 Å². The van der Waals surface area contributed by atoms with Crippen molar-refractivity contribution in [3.8, 4) is 0 Å². The summed E-state index contributed by atoms with van der Waals surface area (Å²) < 4.78 is 0. The summed E-state index contributed by atoms with van der Waals surface area (Å²) in [6.07, 6.45) is 0.259. The molecule has 3 rings (SSSR count). The second-order valence-corrected chi connectivity index (χ2v) is 7.05. The van der Waals surface area contributed by atoms with E-state index in [0.29, 0.717) is 5.69 Å². The third kappa shape index (κ3) is 4.77. The Kier molecular flexibility index (Phi) is 7.90. The number of benzene rings is 1. The smallest absolute Gasteiger partial charge is 0.264 e. The average molecular weight is 389 g/mol. The summed E-state index contributed by atoms with van der Waals surface area (Å²) in [5, 5.41) is 5.41. The van der Waals surface area contributed by atoms with Crippen LogP contribution in [0.25, 0.3) is 0 Å². The van der Waals surface area contributed by atoms with Crippen LogP contribution in [0, 0.1) is 0 Å². The number of nitrogens with zero attached hydrogens (tertiary/aromatic N) is 1. The van der Waals surface area contributed by atoms with Crippen molar-refractivity contribution in [3.63, 3.8) is 0 Å². The molecule has 1 saturated heterocycles. The number of fused-ring (bicyclic) bond motifs is 1. The van der Waals surface area contributed by atoms with E-state index in [2.05, 4.69) is 10.6 Å². The summed E-state index contributed by atoms with van der Waals surface area (Å²) in [5.74, 6) is -1.99. The summed E-state index contributed by atoms with van der Waals surface area (Å²) >= 11 is 0. The number of nitrogens with one attached hydrogen (secondary N) is 2. The molecule has 7 heteroatoms. The van der Waals surface area contributed by atoms with Crippen molar-refractivity contribution in [2.24, 2.45) is 0 Å². The first-order valence-corrected chi connectivity index (χ1v) is 9.82. The molecule has 0 aliphatic carbocycles. The summed E-state index contributed by atoms with van der Waals surface area (Å²) in [5.41, 5.74) is 0.828. The van der Waals surface area contributed by atoms with Crippen LogP contribution in [0.1, 0.15) is 82.0 Å². The molecule has 0 radical (unpaired) electrons. The van der Waals surface area contributed by atoms with E-state index >= 15 is 0 Å². The Labute approximate surface area is 166 Å². The standard InChI is InChI=1S/C17H19N3O4.2C2H6/c1-17(2,3)19-10-6-4-5-9-13(10)16(24)20(15(9)23)11-7-8-12(21)18-14(11)22;2*1-2/h4-6,11,19H,7-8H2,1-3H3,(H,18,21,22);2*1-2H3. The Morgan fingerprint density at radius 3 is 2.14 bits per heavy atom. The fourth-order valence-electron chi connectivity index (χ4n) is 3.02. The maximum Gasteiger partial charge on any atom is 0.264 e. The van der Waals surface area contributed by atoms with E-state index < -0.39 is 23.8 Å². The number of anilines is 1. The van der Waals surface area contributed by atoms with E-state index in [1.54, 1.807) is 18.2 Å². The first-order valence-electron chi connectivity index (χ1n) is 9.82. The second kappa shape index (κ2) is 9.48. The monoisotopic (exact) mass is 389 g/mol. The van der Waals surface area contributed by atoms with Crippen LogP contribution in [-0.4, -0.2) is 40.1 Å². The molecule has 0 bridgehead atoms. The zero-order valence-corrected chi connectivity index (χ0v) is 17.8. The van der Waals surface area contributed by atoms with Crippen molar-refractivity contribution in [1.29, 1.82) is 0 Å². The van der Waals surface area contributed by atoms with E-state index in [9.17, 15) is 19.2 Å². The van der Waals surface area contributed by atoms with Crippen molar-refractivity contribution in [2.75, 3.05) is 5.32 Å². The van der Waals surface area contributed by atoms with Crippen LogP contribution in [0.4, 0.5) is 5.69 Å². The van der Waals surface area contributed by atoms with Gasteiger partial charge in [-0.05, 0) is 39.3 Å². The third-order valence-corrected chi connectivity index (χ3v) is 3.98. The van der Waals surface area contributed by atoms with Crippen molar-refractivity contribution in [1.82, 2.24) is 10.2 Å². The topological polar surface area (TPSA) is 95.6 Å². The predicted molar refractivity (Wildman–Crippen MR) is 109 cm³/mol. The number of imide groups is 2. The Morgan fingerprint density at radius 2 is 1.61 bits per heavy atom. The van der Waals surface area contributed by atoms with Crippen molar-refractivity contribution >= 4 is 29.3 Å². The van der Waals surface area contributed by atoms with Gasteiger partial charge in [0.25, 0.3) is 11.8 Å². The molecule has 2 aliphatic rings. The second-order valence-electron chi connectivity index (χ2n) is 7.05. The van der Waals surface area contributed by atoms with Crippen LogP contribution in [0.3, 0.4) is 0 Å². The van der Waals surface area contributed by atoms with Crippen molar-refractivity contribution in [2.45, 2.75) is 72.9 Å². The third-order valence-electron chi connectivity index (χ3n) is 3.98. The molecule has 28 heavy (non-hydrogen) atoms. The first-order chi connectivity index (χ1) is 13.2. The largest absolute Gasteiger partial charge is 0.380 e. The molecule has 0 spiro atoms. The van der Waals surface area contributed by atoms with Gasteiger partial charge in [-0.15, -0.1) is 0 Å². The van der Waals surface area contributed by atoms with Gasteiger partial charge in [0.05, 0.1) is 11.1 Å². The molecule has 7 nitrogen and oxygen atoms in total. The summed E-state index contributed by atoms with van der Waals surface area (Å²) in [6, 6.07) is 4.07. The summed E-state index contributed by atoms with van der Waals surface area (Å²) in [7, 11) is 0. The Hall–Kier alpha value is -2.70. The number of carbonyl (C=O) groups excluding carboxylic acids is 4. The van der Waals surface area contributed by atoms with Crippen LogP contribution in [0.15, 0.2) is 18.2 Å². The van der Waals surface area contributed by atoms with E-state index in [-0.39, 0.29) is 35.4 Å². The molecular weight excluding hydrogens is 358 g/mol. The van der Waals surface area contributed by atoms with Gasteiger partial charge in [-0.25, -0.2) is 0 Å². The Morgan fingerprint density at radius 1 is 1.00 bits per heavy atom. The lowest BCUT2D eigenvalue weighted by atomic mass is 10.0. The van der Waals surface area contributed by atoms with E-state index in [1.165, 1.54) is 0 Å². The van der Waals surface area contributed by atoms with Gasteiger partial charge >= 0.3 is 0 Å². The highest BCUT2D eigenvalue weighted by Gasteiger charge is 2.45. The lowest BCUT2D eigenvalue weighted by Gasteiger charge is -2.28. The number of rotatable bonds is 2. The highest BCUT2D eigenvalue weighted by Crippen LogP contribution is 2.33. The maximum atomic E-state index is 12.8. The highest BCUT2D eigenvalue weighted by molar-refractivity contribution is 6.25. The predicted octanol–water partition coefficient (Wildman–Crippen LogP) is 3.35. The molecule has 154 valence electrons. The van der Waals surface area contributed by atoms with Crippen molar-refractivity contribution < 1.29 is 19.2 Å². The van der Waals surface area contributed by atoms with Gasteiger partial charge in [-0.3, -0.25) is 29.4 Å². The first kappa shape index (κ1) is 23.3. The van der Waals surface area contributed by atoms with E-state index in [1.807, 2.05) is 48.5 Å². The maximum absolute atomic E-state index is 12.8. The number of hydrogen-bond donors (Lipinski definition) is 2. The van der Waals surface area contributed by atoms with Crippen molar-refractivity contribution in [3.05, 3.63) is 29.3 Å². The van der Waals surface area contributed by atoms with Crippen LogP contribution in [0.2, 0.25) is 0 Å². The number of carbonyl (C=O) groups is 4. The number of amides is 4. The number of hydrogen-bond acceptors (Lipinski definition) is 5. The SMILES string of the molecule is CC.CC.CC(C)(C)Nc1cccc2c1C(=O)N(C1CCC(=O)NC1=O)C2=O. The van der Waals surface area contributed by atoms with Gasteiger partial charge in [0.15, 0.2) is 0 Å². The zero-order chi connectivity index (χ0) is 21.6. The van der Waals surface area contributed by atoms with Gasteiger partial charge < -0.3 is 5.32 Å². The molecule has 0 aromatic heterocycles. The number of piperidine rings is 1. The molecule has 4 amide bonds. The Balaban J connectivity index is 0.000000921. The molecule has 1 aromatic rings. The lowest BCUT2D eigenvalue weighted by molar-refractivity contribution is -0.136. The minimum atomic E-state index is -0.947. The van der Waals surface area contributed by atoms with Gasteiger partial charge in [0, 0.05) is 17.6 Å². The van der Waals surface area contributed by atoms with Gasteiger partial charge in [-0.2, -0.15) is 0 Å². The summed E-state index contributed by atoms with van der Waals surface area (Å²) in [6.45, 7) is 13.9. The molecule has 1 fully saturated rings. The molecule has 2 aliphatic heterocycles. The van der Waals surface area contributed by atoms with Crippen LogP contribution in [-0.2, 0) is 9.59 Å². The van der Waals surface area contributed by atoms with Crippen LogP contribution in [0.5, 0.6) is 0 Å². The van der Waals surface area contributed by atoms with Crippen LogP contribution >= 0.6 is 0 Å². The molecule has 1 atom stereocenters. The molecule has 1 unspecified atom stereocenters. The highest BCUT2D eigenvalue weighted by atomic mass is 16.2. The minimum absolute atomic E-state index is 0.108. The minimum Gasteiger partial charge on any atom is -0.380 e. The lowest BCUT2D eigenvalue weighted by Crippen LogP contribution is -2.54. The molecule has 0 saturated carbocycles. The van der Waals surface area contributed by atoms with E-state index in [0.717, 1.165) is 4.90 Å². The molecular formula is C21H31N3O4. The fraction of sp³-hybridized carbons (Fsp3) is 0.524. The molecule has 2 heterocycles. The summed E-state index contributed by atoms with van der Waals surface area (Å²) in [4.78, 5) is 49.8. The zero-order valence-electron chi connectivity index (χ0n) is 17.8. The van der Waals surface area contributed by atoms with Gasteiger partial charge in [-0.1, -0.05) is 33.8 Å². The average Bonchev–Trinajstić information content (AvgIpc) is 2.89. The fourth-order valence-corrected chi connectivity index (χ4v) is 3.02. The van der Waals surface area contributed by atoms with Gasteiger partial charge in [0.1, 0.15) is 6.04 Å². The van der Waals surface area contributed by atoms with Crippen LogP contribution < -0.4 is 10.6 Å². The molecule has 2 N–H and O–H groups in total.